The van der Waals surface area contributed by atoms with Gasteiger partial charge in [-0.25, -0.2) is 0 Å². The Morgan fingerprint density at radius 1 is 1.23 bits per heavy atom. The summed E-state index contributed by atoms with van der Waals surface area (Å²) in [6.07, 6.45) is -5.16. The molecule has 0 radical (unpaired) electrons. The van der Waals surface area contributed by atoms with Gasteiger partial charge >= 0.3 is 12.1 Å². The standard InChI is InChI=1S/C21H22F3NO6/c1-28-12-3-2-11-10-13-19(27)4-5-20(29-8-9-30-20)16-18(19,14(11)15(12)31-16)6-7-25(13)17(26)21(22,23)24/h2-3,13,16,27H,4-10H2,1H3/t13-,16-,18+,19-/m1/s1. The van der Waals surface area contributed by atoms with E-state index in [0.29, 0.717) is 24.7 Å². The van der Waals surface area contributed by atoms with Crippen molar-refractivity contribution in [3.05, 3.63) is 23.3 Å². The van der Waals surface area contributed by atoms with Crippen LogP contribution in [0.5, 0.6) is 11.5 Å². The first-order valence-electron chi connectivity index (χ1n) is 10.4. The molecule has 1 aromatic rings. The van der Waals surface area contributed by atoms with E-state index >= 15 is 0 Å². The number of rotatable bonds is 1. The van der Waals surface area contributed by atoms with E-state index in [1.54, 1.807) is 12.1 Å². The van der Waals surface area contributed by atoms with E-state index < -0.39 is 41.0 Å². The van der Waals surface area contributed by atoms with Crippen molar-refractivity contribution in [3.8, 4) is 11.5 Å². The van der Waals surface area contributed by atoms with Crippen LogP contribution in [-0.4, -0.2) is 72.5 Å². The van der Waals surface area contributed by atoms with Crippen molar-refractivity contribution in [2.24, 2.45) is 0 Å². The van der Waals surface area contributed by atoms with Crippen LogP contribution in [0.4, 0.5) is 13.2 Å². The maximum absolute atomic E-state index is 13.4. The van der Waals surface area contributed by atoms with Gasteiger partial charge in [-0.2, -0.15) is 13.2 Å². The lowest BCUT2D eigenvalue weighted by atomic mass is 9.48. The number of alkyl halides is 3. The van der Waals surface area contributed by atoms with Crippen LogP contribution in [0.2, 0.25) is 0 Å². The number of carbonyl (C=O) groups excluding carboxylic acids is 1. The van der Waals surface area contributed by atoms with E-state index in [1.807, 2.05) is 0 Å². The summed E-state index contributed by atoms with van der Waals surface area (Å²) in [4.78, 5) is 13.1. The highest BCUT2D eigenvalue weighted by atomic mass is 19.4. The molecule has 0 unspecified atom stereocenters. The molecule has 7 nitrogen and oxygen atoms in total. The zero-order chi connectivity index (χ0) is 21.8. The Labute approximate surface area is 176 Å². The van der Waals surface area contributed by atoms with Gasteiger partial charge in [0.05, 0.1) is 37.4 Å². The number of halogens is 3. The topological polar surface area (TPSA) is 77.5 Å². The van der Waals surface area contributed by atoms with Gasteiger partial charge in [-0.05, 0) is 30.9 Å². The number of amides is 1. The molecule has 1 N–H and O–H groups in total. The lowest BCUT2D eigenvalue weighted by Crippen LogP contribution is -2.80. The number of likely N-dealkylation sites (tertiary alicyclic amines) is 1. The molecule has 6 rings (SSSR count). The molecule has 1 saturated carbocycles. The van der Waals surface area contributed by atoms with Crippen molar-refractivity contribution in [3.63, 3.8) is 0 Å². The number of hydrogen-bond donors (Lipinski definition) is 1. The molecular weight excluding hydrogens is 419 g/mol. The molecule has 3 fully saturated rings. The van der Waals surface area contributed by atoms with E-state index in [-0.39, 0.29) is 32.2 Å². The number of hydrogen-bond acceptors (Lipinski definition) is 6. The molecule has 1 aromatic carbocycles. The quantitative estimate of drug-likeness (QED) is 0.715. The minimum atomic E-state index is -5.01. The molecule has 1 amide bonds. The summed E-state index contributed by atoms with van der Waals surface area (Å²) in [5.41, 5.74) is -1.15. The lowest BCUT2D eigenvalue weighted by Gasteiger charge is -2.64. The largest absolute Gasteiger partial charge is 0.493 e. The van der Waals surface area contributed by atoms with Gasteiger partial charge in [-0.1, -0.05) is 6.07 Å². The minimum absolute atomic E-state index is 0.105. The second-order valence-electron chi connectivity index (χ2n) is 9.00. The second kappa shape index (κ2) is 5.85. The number of methoxy groups -OCH3 is 1. The van der Waals surface area contributed by atoms with Gasteiger partial charge in [0, 0.05) is 18.5 Å². The second-order valence-corrected chi connectivity index (χ2v) is 9.00. The molecule has 2 spiro atoms. The molecule has 2 aliphatic carbocycles. The van der Waals surface area contributed by atoms with Gasteiger partial charge in [-0.15, -0.1) is 0 Å². The molecule has 31 heavy (non-hydrogen) atoms. The van der Waals surface area contributed by atoms with Gasteiger partial charge in [0.1, 0.15) is 0 Å². The maximum atomic E-state index is 13.4. The summed E-state index contributed by atoms with van der Waals surface area (Å²) in [5, 5.41) is 12.1. The van der Waals surface area contributed by atoms with E-state index in [4.69, 9.17) is 18.9 Å². The number of ether oxygens (including phenoxy) is 4. The lowest BCUT2D eigenvalue weighted by molar-refractivity contribution is -0.297. The van der Waals surface area contributed by atoms with Crippen molar-refractivity contribution >= 4 is 5.91 Å². The van der Waals surface area contributed by atoms with E-state index in [9.17, 15) is 23.1 Å². The van der Waals surface area contributed by atoms with Gasteiger partial charge in [0.2, 0.25) is 5.79 Å². The molecule has 2 saturated heterocycles. The van der Waals surface area contributed by atoms with Gasteiger partial charge in [0.25, 0.3) is 0 Å². The van der Waals surface area contributed by atoms with Crippen LogP contribution in [0.1, 0.15) is 30.4 Å². The Hall–Kier alpha value is -2.04. The predicted molar refractivity (Wildman–Crippen MR) is 97.8 cm³/mol. The molecule has 0 aromatic heterocycles. The van der Waals surface area contributed by atoms with Crippen LogP contribution in [0, 0.1) is 0 Å². The first kappa shape index (κ1) is 19.6. The van der Waals surface area contributed by atoms with Gasteiger partial charge in [0.15, 0.2) is 17.6 Å². The van der Waals surface area contributed by atoms with Crippen LogP contribution in [0.25, 0.3) is 0 Å². The molecule has 4 atom stereocenters. The summed E-state index contributed by atoms with van der Waals surface area (Å²) in [6, 6.07) is 2.48. The first-order chi connectivity index (χ1) is 14.7. The number of nitrogens with zero attached hydrogens (tertiary/aromatic N) is 1. The zero-order valence-electron chi connectivity index (χ0n) is 16.8. The Balaban J connectivity index is 1.58. The highest BCUT2D eigenvalue weighted by molar-refractivity contribution is 5.83. The third-order valence-electron chi connectivity index (χ3n) is 7.95. The summed E-state index contributed by atoms with van der Waals surface area (Å²) < 4.78 is 64.1. The average molecular weight is 441 g/mol. The van der Waals surface area contributed by atoms with Crippen molar-refractivity contribution < 1.29 is 42.0 Å². The number of benzene rings is 1. The third-order valence-corrected chi connectivity index (χ3v) is 7.95. The Kier molecular flexibility index (Phi) is 3.70. The van der Waals surface area contributed by atoms with Crippen LogP contribution >= 0.6 is 0 Å². The molecule has 3 heterocycles. The van der Waals surface area contributed by atoms with Crippen molar-refractivity contribution in [2.75, 3.05) is 26.9 Å². The van der Waals surface area contributed by atoms with Crippen molar-refractivity contribution in [2.45, 2.75) is 60.8 Å². The normalized spacial score (nSPS) is 36.9. The summed E-state index contributed by atoms with van der Waals surface area (Å²) in [7, 11) is 1.52. The molecule has 5 aliphatic rings. The minimum Gasteiger partial charge on any atom is -0.493 e. The van der Waals surface area contributed by atoms with Crippen LogP contribution in [0.15, 0.2) is 12.1 Å². The fraction of sp³-hybridized carbons (Fsp3) is 0.667. The molecule has 10 heteroatoms. The Morgan fingerprint density at radius 2 is 1.97 bits per heavy atom. The third kappa shape index (κ3) is 2.13. The van der Waals surface area contributed by atoms with Gasteiger partial charge < -0.3 is 29.0 Å². The van der Waals surface area contributed by atoms with Crippen molar-refractivity contribution in [1.29, 1.82) is 0 Å². The fourth-order valence-electron chi connectivity index (χ4n) is 6.82. The molecular formula is C21H22F3NO6. The zero-order valence-corrected chi connectivity index (χ0v) is 16.8. The van der Waals surface area contributed by atoms with E-state index in [0.717, 1.165) is 16.0 Å². The molecule has 168 valence electrons. The average Bonchev–Trinajstić information content (AvgIpc) is 3.33. The van der Waals surface area contributed by atoms with Crippen LogP contribution in [0.3, 0.4) is 0 Å². The number of piperidine rings is 1. The van der Waals surface area contributed by atoms with Gasteiger partial charge in [-0.3, -0.25) is 4.79 Å². The SMILES string of the molecule is COc1ccc2c3c1O[C@H]1C4(CC[C@@]5(O)[C@@H](C2)N(C(=O)C(F)(F)F)CC[C@]315)OCCO4. The van der Waals surface area contributed by atoms with Crippen LogP contribution < -0.4 is 9.47 Å². The molecule has 2 bridgehead atoms. The Morgan fingerprint density at radius 3 is 2.65 bits per heavy atom. The highest BCUT2D eigenvalue weighted by Crippen LogP contribution is 2.68. The smallest absolute Gasteiger partial charge is 0.471 e. The van der Waals surface area contributed by atoms with Crippen LogP contribution in [-0.2, 0) is 26.1 Å². The number of fused-ring (bicyclic) bond motifs is 1. The van der Waals surface area contributed by atoms with E-state index in [1.165, 1.54) is 7.11 Å². The monoisotopic (exact) mass is 441 g/mol. The summed E-state index contributed by atoms with van der Waals surface area (Å²) in [6.45, 7) is 0.602. The number of carbonyl (C=O) groups is 1. The maximum Gasteiger partial charge on any atom is 0.471 e. The summed E-state index contributed by atoms with van der Waals surface area (Å²) in [5.74, 6) is -2.03. The predicted octanol–water partition coefficient (Wildman–Crippen LogP) is 1.68. The molecule has 3 aliphatic heterocycles. The Bertz CT molecular complexity index is 977. The fourth-order valence-corrected chi connectivity index (χ4v) is 6.82. The number of aliphatic hydroxyl groups is 1. The highest BCUT2D eigenvalue weighted by Gasteiger charge is 2.78. The van der Waals surface area contributed by atoms with Crippen molar-refractivity contribution in [1.82, 2.24) is 4.90 Å². The first-order valence-corrected chi connectivity index (χ1v) is 10.4. The van der Waals surface area contributed by atoms with E-state index in [2.05, 4.69) is 0 Å². The summed E-state index contributed by atoms with van der Waals surface area (Å²) >= 11 is 0.